The summed E-state index contributed by atoms with van der Waals surface area (Å²) in [6, 6.07) is 4.70. The maximum Gasteiger partial charge on any atom is 0.157 e. The lowest BCUT2D eigenvalue weighted by molar-refractivity contribution is -0.0617. The first-order chi connectivity index (χ1) is 8.59. The van der Waals surface area contributed by atoms with Gasteiger partial charge in [0.1, 0.15) is 0 Å². The summed E-state index contributed by atoms with van der Waals surface area (Å²) in [5.41, 5.74) is 0.165. The summed E-state index contributed by atoms with van der Waals surface area (Å²) in [6.07, 6.45) is 1.28. The minimum atomic E-state index is -0.697. The lowest BCUT2D eigenvalue weighted by Gasteiger charge is -2.32. The molecular weight excluding hydrogens is 234 g/mol. The normalized spacial score (nSPS) is 18.7. The molecule has 0 radical (unpaired) electrons. The second-order valence-corrected chi connectivity index (χ2v) is 4.76. The van der Waals surface area contributed by atoms with Crippen molar-refractivity contribution in [1.82, 2.24) is 5.32 Å². The van der Waals surface area contributed by atoms with Gasteiger partial charge in [-0.25, -0.2) is 0 Å². The minimum Gasteiger partial charge on any atom is -0.504 e. The van der Waals surface area contributed by atoms with E-state index < -0.39 is 5.60 Å². The molecule has 1 aromatic carbocycles. The van der Waals surface area contributed by atoms with E-state index in [1.165, 1.54) is 12.1 Å². The van der Waals surface area contributed by atoms with Gasteiger partial charge < -0.3 is 25.4 Å². The van der Waals surface area contributed by atoms with Crippen LogP contribution in [0.15, 0.2) is 18.2 Å². The van der Waals surface area contributed by atoms with Gasteiger partial charge in [-0.15, -0.1) is 0 Å². The van der Waals surface area contributed by atoms with Gasteiger partial charge in [0.25, 0.3) is 0 Å². The lowest BCUT2D eigenvalue weighted by atomic mass is 9.94. The molecule has 0 amide bonds. The van der Waals surface area contributed by atoms with E-state index >= 15 is 0 Å². The van der Waals surface area contributed by atoms with Gasteiger partial charge in [-0.1, -0.05) is 6.07 Å². The average Bonchev–Trinajstić information content (AvgIpc) is 2.34. The van der Waals surface area contributed by atoms with Gasteiger partial charge in [0.05, 0.1) is 5.60 Å². The fraction of sp³-hybridized carbons (Fsp3) is 0.538. The summed E-state index contributed by atoms with van der Waals surface area (Å²) in [6.45, 7) is 2.23. The Kier molecular flexibility index (Phi) is 4.06. The third-order valence-corrected chi connectivity index (χ3v) is 3.25. The number of benzene rings is 1. The maximum atomic E-state index is 10.2. The number of aromatic hydroxyl groups is 2. The maximum absolute atomic E-state index is 10.2. The minimum absolute atomic E-state index is 0.123. The SMILES string of the molecule is Oc1ccc(CNCC2(O)CCOCC2)cc1O. The number of hydrogen-bond donors (Lipinski definition) is 4. The average molecular weight is 253 g/mol. The smallest absolute Gasteiger partial charge is 0.157 e. The van der Waals surface area contributed by atoms with Crippen LogP contribution in [0.3, 0.4) is 0 Å². The number of rotatable bonds is 4. The van der Waals surface area contributed by atoms with Gasteiger partial charge in [0.15, 0.2) is 11.5 Å². The lowest BCUT2D eigenvalue weighted by Crippen LogP contribution is -2.44. The molecule has 1 aliphatic heterocycles. The molecule has 0 atom stereocenters. The van der Waals surface area contributed by atoms with Crippen LogP contribution < -0.4 is 5.32 Å². The largest absolute Gasteiger partial charge is 0.504 e. The molecule has 0 aliphatic carbocycles. The third-order valence-electron chi connectivity index (χ3n) is 3.25. The van der Waals surface area contributed by atoms with Crippen LogP contribution in [0.4, 0.5) is 0 Å². The number of aliphatic hydroxyl groups is 1. The molecule has 0 bridgehead atoms. The van der Waals surface area contributed by atoms with E-state index in [1.54, 1.807) is 6.07 Å². The zero-order chi connectivity index (χ0) is 13.0. The molecule has 1 fully saturated rings. The topological polar surface area (TPSA) is 82.0 Å². The van der Waals surface area contributed by atoms with Crippen molar-refractivity contribution in [2.45, 2.75) is 25.0 Å². The van der Waals surface area contributed by atoms with Gasteiger partial charge in [-0.2, -0.15) is 0 Å². The van der Waals surface area contributed by atoms with Crippen LogP contribution in [0.25, 0.3) is 0 Å². The molecule has 5 nitrogen and oxygen atoms in total. The standard InChI is InChI=1S/C13H19NO4/c15-11-2-1-10(7-12(11)16)8-14-9-13(17)3-5-18-6-4-13/h1-2,7,14-17H,3-6,8-9H2. The van der Waals surface area contributed by atoms with Crippen LogP contribution in [-0.4, -0.2) is 40.7 Å². The molecule has 4 N–H and O–H groups in total. The number of nitrogens with one attached hydrogen (secondary N) is 1. The molecule has 100 valence electrons. The Hall–Kier alpha value is -1.30. The van der Waals surface area contributed by atoms with E-state index in [0.29, 0.717) is 39.1 Å². The molecular formula is C13H19NO4. The van der Waals surface area contributed by atoms with Crippen molar-refractivity contribution in [3.8, 4) is 11.5 Å². The number of phenols is 2. The zero-order valence-corrected chi connectivity index (χ0v) is 10.2. The number of phenolic OH excluding ortho intramolecular Hbond substituents is 2. The van der Waals surface area contributed by atoms with E-state index in [9.17, 15) is 15.3 Å². The molecule has 1 heterocycles. The van der Waals surface area contributed by atoms with Crippen LogP contribution >= 0.6 is 0 Å². The highest BCUT2D eigenvalue weighted by molar-refractivity contribution is 5.40. The van der Waals surface area contributed by atoms with Crippen molar-refractivity contribution in [1.29, 1.82) is 0 Å². The predicted octanol–water partition coefficient (Wildman–Crippen LogP) is 0.729. The van der Waals surface area contributed by atoms with E-state index in [4.69, 9.17) is 4.74 Å². The highest BCUT2D eigenvalue weighted by atomic mass is 16.5. The molecule has 1 saturated heterocycles. The monoisotopic (exact) mass is 253 g/mol. The quantitative estimate of drug-likeness (QED) is 0.595. The van der Waals surface area contributed by atoms with E-state index in [0.717, 1.165) is 5.56 Å². The van der Waals surface area contributed by atoms with Crippen LogP contribution in [-0.2, 0) is 11.3 Å². The first kappa shape index (κ1) is 13.1. The summed E-state index contributed by atoms with van der Waals surface area (Å²) in [5.74, 6) is -0.249. The molecule has 0 unspecified atom stereocenters. The van der Waals surface area contributed by atoms with Gasteiger partial charge in [-0.3, -0.25) is 0 Å². The van der Waals surface area contributed by atoms with Crippen molar-refractivity contribution in [3.05, 3.63) is 23.8 Å². The summed E-state index contributed by atoms with van der Waals surface area (Å²) >= 11 is 0. The highest BCUT2D eigenvalue weighted by Crippen LogP contribution is 2.25. The van der Waals surface area contributed by atoms with Gasteiger partial charge in [-0.05, 0) is 17.7 Å². The number of ether oxygens (including phenoxy) is 1. The van der Waals surface area contributed by atoms with Crippen LogP contribution in [0, 0.1) is 0 Å². The predicted molar refractivity (Wildman–Crippen MR) is 66.5 cm³/mol. The Morgan fingerprint density at radius 2 is 1.89 bits per heavy atom. The van der Waals surface area contributed by atoms with E-state index in [1.807, 2.05) is 0 Å². The fourth-order valence-corrected chi connectivity index (χ4v) is 2.05. The van der Waals surface area contributed by atoms with Crippen molar-refractivity contribution >= 4 is 0 Å². The van der Waals surface area contributed by atoms with Crippen LogP contribution in [0.1, 0.15) is 18.4 Å². The van der Waals surface area contributed by atoms with Crippen molar-refractivity contribution in [3.63, 3.8) is 0 Å². The van der Waals surface area contributed by atoms with E-state index in [-0.39, 0.29) is 11.5 Å². The fourth-order valence-electron chi connectivity index (χ4n) is 2.05. The second kappa shape index (κ2) is 5.56. The number of hydrogen-bond acceptors (Lipinski definition) is 5. The Labute approximate surface area is 106 Å². The van der Waals surface area contributed by atoms with Gasteiger partial charge in [0, 0.05) is 39.1 Å². The highest BCUT2D eigenvalue weighted by Gasteiger charge is 2.28. The van der Waals surface area contributed by atoms with Crippen molar-refractivity contribution in [2.24, 2.45) is 0 Å². The molecule has 5 heteroatoms. The Morgan fingerprint density at radius 1 is 1.17 bits per heavy atom. The van der Waals surface area contributed by atoms with Gasteiger partial charge >= 0.3 is 0 Å². The molecule has 0 spiro atoms. The van der Waals surface area contributed by atoms with Crippen LogP contribution in [0.2, 0.25) is 0 Å². The Balaban J connectivity index is 1.82. The molecule has 2 rings (SSSR count). The molecule has 0 saturated carbocycles. The zero-order valence-electron chi connectivity index (χ0n) is 10.2. The van der Waals surface area contributed by atoms with Crippen molar-refractivity contribution in [2.75, 3.05) is 19.8 Å². The first-order valence-electron chi connectivity index (χ1n) is 6.11. The van der Waals surface area contributed by atoms with Crippen LogP contribution in [0.5, 0.6) is 11.5 Å². The molecule has 1 aromatic rings. The Bertz CT molecular complexity index is 402. The summed E-state index contributed by atoms with van der Waals surface area (Å²) in [4.78, 5) is 0. The van der Waals surface area contributed by atoms with Gasteiger partial charge in [0.2, 0.25) is 0 Å². The summed E-state index contributed by atoms with van der Waals surface area (Å²) < 4.78 is 5.21. The Morgan fingerprint density at radius 3 is 2.56 bits per heavy atom. The summed E-state index contributed by atoms with van der Waals surface area (Å²) in [7, 11) is 0. The second-order valence-electron chi connectivity index (χ2n) is 4.76. The first-order valence-corrected chi connectivity index (χ1v) is 6.11. The van der Waals surface area contributed by atoms with Crippen molar-refractivity contribution < 1.29 is 20.1 Å². The van der Waals surface area contributed by atoms with E-state index in [2.05, 4.69) is 5.32 Å². The molecule has 18 heavy (non-hydrogen) atoms. The molecule has 1 aliphatic rings. The third kappa shape index (κ3) is 3.35. The molecule has 0 aromatic heterocycles. The summed E-state index contributed by atoms with van der Waals surface area (Å²) in [5, 5.41) is 31.9.